The van der Waals surface area contributed by atoms with Gasteiger partial charge < -0.3 is 10.1 Å². The number of rotatable bonds is 5. The van der Waals surface area contributed by atoms with Gasteiger partial charge in [-0.2, -0.15) is 13.2 Å². The Bertz CT molecular complexity index is 155. The number of ether oxygens (including phenoxy) is 1. The van der Waals surface area contributed by atoms with E-state index in [0.29, 0.717) is 12.5 Å². The van der Waals surface area contributed by atoms with Crippen LogP contribution in [0.5, 0.6) is 0 Å². The number of alkyl halides is 3. The number of hydrogen-bond acceptors (Lipinski definition) is 2. The topological polar surface area (TPSA) is 21.3 Å². The maximum Gasteiger partial charge on any atom is 0.389 e. The van der Waals surface area contributed by atoms with E-state index in [1.54, 1.807) is 0 Å². The highest BCUT2D eigenvalue weighted by atomic mass is 19.4. The molecule has 0 aromatic heterocycles. The highest BCUT2D eigenvalue weighted by Crippen LogP contribution is 2.20. The summed E-state index contributed by atoms with van der Waals surface area (Å²) in [6.45, 7) is 2.75. The third-order valence-electron chi connectivity index (χ3n) is 2.27. The molecule has 0 spiro atoms. The van der Waals surface area contributed by atoms with Gasteiger partial charge in [-0.15, -0.1) is 0 Å². The second-order valence-electron chi connectivity index (χ2n) is 3.65. The van der Waals surface area contributed by atoms with Crippen molar-refractivity contribution < 1.29 is 17.9 Å². The molecule has 1 heterocycles. The normalized spacial score (nSPS) is 22.9. The van der Waals surface area contributed by atoms with Crippen molar-refractivity contribution in [3.05, 3.63) is 0 Å². The van der Waals surface area contributed by atoms with Crippen LogP contribution in [0.4, 0.5) is 13.2 Å². The highest BCUT2D eigenvalue weighted by molar-refractivity contribution is 4.66. The minimum Gasteiger partial charge on any atom is -0.381 e. The third-order valence-corrected chi connectivity index (χ3v) is 2.27. The SMILES string of the molecule is FC(F)(F)CCCNCC1CCOC1. The van der Waals surface area contributed by atoms with Crippen molar-refractivity contribution in [2.75, 3.05) is 26.3 Å². The van der Waals surface area contributed by atoms with Gasteiger partial charge in [-0.05, 0) is 25.3 Å². The summed E-state index contributed by atoms with van der Waals surface area (Å²) in [5.41, 5.74) is 0. The van der Waals surface area contributed by atoms with Gasteiger partial charge >= 0.3 is 6.18 Å². The van der Waals surface area contributed by atoms with Crippen molar-refractivity contribution in [3.63, 3.8) is 0 Å². The molecular weight excluding hydrogens is 195 g/mol. The van der Waals surface area contributed by atoms with E-state index in [9.17, 15) is 13.2 Å². The minimum absolute atomic E-state index is 0.164. The summed E-state index contributed by atoms with van der Waals surface area (Å²) in [6.07, 6.45) is -3.53. The smallest absolute Gasteiger partial charge is 0.381 e. The molecular formula is C9H16F3NO. The second-order valence-corrected chi connectivity index (χ2v) is 3.65. The molecule has 5 heteroatoms. The van der Waals surface area contributed by atoms with Gasteiger partial charge in [0.1, 0.15) is 0 Å². The quantitative estimate of drug-likeness (QED) is 0.702. The van der Waals surface area contributed by atoms with Gasteiger partial charge in [0.05, 0.1) is 6.61 Å². The summed E-state index contributed by atoms with van der Waals surface area (Å²) < 4.78 is 40.4. The monoisotopic (exact) mass is 211 g/mol. The molecule has 1 unspecified atom stereocenters. The van der Waals surface area contributed by atoms with Gasteiger partial charge in [-0.3, -0.25) is 0 Å². The summed E-state index contributed by atoms with van der Waals surface area (Å²) in [5, 5.41) is 3.02. The molecule has 0 aromatic rings. The van der Waals surface area contributed by atoms with Crippen LogP contribution in [0.2, 0.25) is 0 Å². The van der Waals surface area contributed by atoms with Crippen LogP contribution in [-0.2, 0) is 4.74 Å². The largest absolute Gasteiger partial charge is 0.389 e. The lowest BCUT2D eigenvalue weighted by atomic mass is 10.1. The molecule has 0 saturated carbocycles. The van der Waals surface area contributed by atoms with Crippen molar-refractivity contribution in [2.45, 2.75) is 25.4 Å². The number of hydrogen-bond donors (Lipinski definition) is 1. The van der Waals surface area contributed by atoms with Crippen LogP contribution in [0.15, 0.2) is 0 Å². The van der Waals surface area contributed by atoms with Crippen LogP contribution < -0.4 is 5.32 Å². The van der Waals surface area contributed by atoms with E-state index in [4.69, 9.17) is 4.74 Å². The zero-order chi connectivity index (χ0) is 10.4. The van der Waals surface area contributed by atoms with E-state index in [2.05, 4.69) is 5.32 Å². The number of halogens is 3. The summed E-state index contributed by atoms with van der Waals surface area (Å²) in [6, 6.07) is 0. The van der Waals surface area contributed by atoms with Gasteiger partial charge in [0.25, 0.3) is 0 Å². The first kappa shape index (κ1) is 11.8. The molecule has 1 aliphatic heterocycles. The van der Waals surface area contributed by atoms with E-state index in [0.717, 1.165) is 26.2 Å². The standard InChI is InChI=1S/C9H16F3NO/c10-9(11,12)3-1-4-13-6-8-2-5-14-7-8/h8,13H,1-7H2. The van der Waals surface area contributed by atoms with Crippen molar-refractivity contribution in [1.29, 1.82) is 0 Å². The Hall–Kier alpha value is -0.290. The van der Waals surface area contributed by atoms with Gasteiger partial charge in [0.15, 0.2) is 0 Å². The fourth-order valence-corrected chi connectivity index (χ4v) is 1.46. The van der Waals surface area contributed by atoms with Crippen molar-refractivity contribution in [1.82, 2.24) is 5.32 Å². The summed E-state index contributed by atoms with van der Waals surface area (Å²) >= 11 is 0. The molecule has 1 aliphatic rings. The average molecular weight is 211 g/mol. The molecule has 84 valence electrons. The average Bonchev–Trinajstić information content (AvgIpc) is 2.54. The van der Waals surface area contributed by atoms with Gasteiger partial charge in [-0.25, -0.2) is 0 Å². The Morgan fingerprint density at radius 3 is 2.71 bits per heavy atom. The van der Waals surface area contributed by atoms with Crippen molar-refractivity contribution in [3.8, 4) is 0 Å². The van der Waals surface area contributed by atoms with E-state index < -0.39 is 12.6 Å². The molecule has 14 heavy (non-hydrogen) atoms. The molecule has 1 saturated heterocycles. The Morgan fingerprint density at radius 1 is 1.36 bits per heavy atom. The number of nitrogens with one attached hydrogen (secondary N) is 1. The first-order chi connectivity index (χ1) is 6.58. The van der Waals surface area contributed by atoms with Crippen molar-refractivity contribution in [2.24, 2.45) is 5.92 Å². The minimum atomic E-state index is -4.02. The summed E-state index contributed by atoms with van der Waals surface area (Å²) in [4.78, 5) is 0. The molecule has 1 N–H and O–H groups in total. The fourth-order valence-electron chi connectivity index (χ4n) is 1.46. The van der Waals surface area contributed by atoms with Crippen molar-refractivity contribution >= 4 is 0 Å². The third kappa shape index (κ3) is 5.44. The van der Waals surface area contributed by atoms with E-state index in [1.165, 1.54) is 0 Å². The Labute approximate surface area is 81.8 Å². The van der Waals surface area contributed by atoms with E-state index in [-0.39, 0.29) is 6.42 Å². The Kier molecular flexibility index (Phi) is 4.68. The molecule has 1 fully saturated rings. The molecule has 0 bridgehead atoms. The zero-order valence-corrected chi connectivity index (χ0v) is 8.07. The zero-order valence-electron chi connectivity index (χ0n) is 8.07. The lowest BCUT2D eigenvalue weighted by Crippen LogP contribution is -2.25. The van der Waals surface area contributed by atoms with E-state index >= 15 is 0 Å². The predicted octanol–water partition coefficient (Wildman–Crippen LogP) is 1.95. The molecule has 0 aromatic carbocycles. The first-order valence-corrected chi connectivity index (χ1v) is 4.93. The molecule has 1 atom stereocenters. The predicted molar refractivity (Wildman–Crippen MR) is 47.1 cm³/mol. The van der Waals surface area contributed by atoms with Gasteiger partial charge in [-0.1, -0.05) is 0 Å². The summed E-state index contributed by atoms with van der Waals surface area (Å²) in [7, 11) is 0. The summed E-state index contributed by atoms with van der Waals surface area (Å²) in [5.74, 6) is 0.487. The lowest BCUT2D eigenvalue weighted by Gasteiger charge is -2.10. The lowest BCUT2D eigenvalue weighted by molar-refractivity contribution is -0.135. The van der Waals surface area contributed by atoms with Gasteiger partial charge in [0, 0.05) is 19.6 Å². The van der Waals surface area contributed by atoms with Crippen LogP contribution >= 0.6 is 0 Å². The molecule has 1 rings (SSSR count). The molecule has 0 radical (unpaired) electrons. The molecule has 0 aliphatic carbocycles. The second kappa shape index (κ2) is 5.56. The maximum atomic E-state index is 11.7. The van der Waals surface area contributed by atoms with E-state index in [1.807, 2.05) is 0 Å². The van der Waals surface area contributed by atoms with Crippen LogP contribution in [0, 0.1) is 5.92 Å². The molecule has 2 nitrogen and oxygen atoms in total. The van der Waals surface area contributed by atoms with Crippen LogP contribution in [0.1, 0.15) is 19.3 Å². The maximum absolute atomic E-state index is 11.7. The van der Waals surface area contributed by atoms with Crippen LogP contribution in [0.3, 0.4) is 0 Å². The van der Waals surface area contributed by atoms with Crippen LogP contribution in [0.25, 0.3) is 0 Å². The van der Waals surface area contributed by atoms with Crippen LogP contribution in [-0.4, -0.2) is 32.5 Å². The Balaban J connectivity index is 1.89. The molecule has 0 amide bonds. The highest BCUT2D eigenvalue weighted by Gasteiger charge is 2.25. The first-order valence-electron chi connectivity index (χ1n) is 4.93. The fraction of sp³-hybridized carbons (Fsp3) is 1.00. The van der Waals surface area contributed by atoms with Gasteiger partial charge in [0.2, 0.25) is 0 Å². The Morgan fingerprint density at radius 2 is 2.14 bits per heavy atom.